The Balaban J connectivity index is 1.23. The van der Waals surface area contributed by atoms with Gasteiger partial charge in [-0.05, 0) is 98.4 Å². The Hall–Kier alpha value is -4.31. The van der Waals surface area contributed by atoms with E-state index >= 15 is 0 Å². The maximum absolute atomic E-state index is 14.8. The molecule has 5 atom stereocenters. The minimum absolute atomic E-state index is 0.177. The number of fused-ring (bicyclic) bond motifs is 3. The molecule has 4 fully saturated rings. The van der Waals surface area contributed by atoms with Crippen LogP contribution in [0.3, 0.4) is 0 Å². The highest BCUT2D eigenvalue weighted by Crippen LogP contribution is 2.61. The van der Waals surface area contributed by atoms with Crippen LogP contribution in [0.1, 0.15) is 46.1 Å². The minimum atomic E-state index is -0.365. The van der Waals surface area contributed by atoms with E-state index in [1.165, 1.54) is 19.6 Å². The maximum Gasteiger partial charge on any atom is 0.261 e. The Morgan fingerprint density at radius 1 is 1.12 bits per heavy atom. The Labute approximate surface area is 288 Å². The normalized spacial score (nSPS) is 25.2. The van der Waals surface area contributed by atoms with E-state index < -0.39 is 0 Å². The van der Waals surface area contributed by atoms with Gasteiger partial charge in [-0.1, -0.05) is 26.8 Å². The summed E-state index contributed by atoms with van der Waals surface area (Å²) in [6.45, 7) is 12.5. The van der Waals surface area contributed by atoms with Crippen molar-refractivity contribution in [2.75, 3.05) is 39.1 Å². The number of hydrogen-bond donors (Lipinski definition) is 1. The van der Waals surface area contributed by atoms with Crippen molar-refractivity contribution >= 4 is 22.5 Å². The number of nitrogens with zero attached hydrogens (tertiary/aromatic N) is 6. The molecule has 0 radical (unpaired) electrons. The molecule has 3 saturated carbocycles. The molecule has 2 aromatic heterocycles. The molecular weight excluding hydrogens is 617 g/mol. The van der Waals surface area contributed by atoms with Gasteiger partial charge >= 0.3 is 0 Å². The van der Waals surface area contributed by atoms with Gasteiger partial charge in [-0.15, -0.1) is 0 Å². The summed E-state index contributed by atoms with van der Waals surface area (Å²) in [6.07, 6.45) is 6.15. The van der Waals surface area contributed by atoms with Gasteiger partial charge in [0, 0.05) is 61.9 Å². The molecule has 1 N–H and O–H groups in total. The minimum Gasteiger partial charge on any atom is -0.497 e. The van der Waals surface area contributed by atoms with Crippen molar-refractivity contribution in [1.82, 2.24) is 24.3 Å². The summed E-state index contributed by atoms with van der Waals surface area (Å²) in [5.41, 5.74) is 2.87. The Morgan fingerprint density at radius 3 is 2.65 bits per heavy atom. The van der Waals surface area contributed by atoms with E-state index in [9.17, 15) is 9.18 Å². The smallest absolute Gasteiger partial charge is 0.261 e. The van der Waals surface area contributed by atoms with E-state index in [4.69, 9.17) is 14.7 Å². The number of rotatable bonds is 7. The highest BCUT2D eigenvalue weighted by atomic mass is 19.1. The third-order valence-corrected chi connectivity index (χ3v) is 11.9. The molecule has 3 heterocycles. The number of ether oxygens (including phenoxy) is 1. The van der Waals surface area contributed by atoms with Crippen LogP contribution in [0.4, 0.5) is 10.1 Å². The molecule has 10 heteroatoms. The van der Waals surface area contributed by atoms with Crippen LogP contribution in [-0.4, -0.2) is 76.2 Å². The van der Waals surface area contributed by atoms with Crippen molar-refractivity contribution in [2.45, 2.75) is 65.6 Å². The molecule has 0 unspecified atom stereocenters. The number of anilines is 1. The maximum atomic E-state index is 14.8. The standard InChI is InChI=1S/C39H48FN7O2/c1-24-23-46(17-16-45(24)5)38(44-34-19-28-18-32(25(34)2)39(28,3)4)42-29-10-12-31-35(20-29)43-36(27-8-7-14-41-22-27)47(37(31)48)15-13-26-9-11-30(49-6)21-33(26)40/h7-12,14,20-22,24-25,28,32,34H,13,15-19,23H2,1-6H3,(H,42,44)/t24-,25-,28-,32+,34-/m0/s1. The average Bonchev–Trinajstić information content (AvgIpc) is 3.10. The lowest BCUT2D eigenvalue weighted by atomic mass is 9.45. The van der Waals surface area contributed by atoms with Crippen LogP contribution in [0.5, 0.6) is 5.75 Å². The van der Waals surface area contributed by atoms with Crippen molar-refractivity contribution in [3.05, 3.63) is 82.7 Å². The Morgan fingerprint density at radius 2 is 1.96 bits per heavy atom. The molecule has 1 saturated heterocycles. The van der Waals surface area contributed by atoms with Crippen LogP contribution in [-0.2, 0) is 13.0 Å². The fourth-order valence-electron chi connectivity index (χ4n) is 8.32. The summed E-state index contributed by atoms with van der Waals surface area (Å²) in [4.78, 5) is 33.7. The third-order valence-electron chi connectivity index (χ3n) is 11.9. The number of guanidine groups is 1. The predicted molar refractivity (Wildman–Crippen MR) is 194 cm³/mol. The van der Waals surface area contributed by atoms with E-state index in [0.717, 1.165) is 43.3 Å². The summed E-state index contributed by atoms with van der Waals surface area (Å²) in [6, 6.07) is 14.9. The number of nitrogens with one attached hydrogen (secondary N) is 1. The quantitative estimate of drug-likeness (QED) is 0.183. The number of piperazine rings is 1. The first-order valence-corrected chi connectivity index (χ1v) is 17.6. The SMILES string of the molecule is COc1ccc(CCn2c(-c3cccnc3)nc3cc(NC(=N[C@H]4C[C@@H]5C[C@H]([C@@H]4C)C5(C)C)N4CCN(C)[C@@H](C)C4)ccc3c2=O)c(F)c1. The van der Waals surface area contributed by atoms with E-state index in [1.54, 1.807) is 29.1 Å². The van der Waals surface area contributed by atoms with Crippen LogP contribution in [0.2, 0.25) is 0 Å². The van der Waals surface area contributed by atoms with Crippen LogP contribution in [0, 0.1) is 29.0 Å². The Bertz CT molecular complexity index is 1930. The topological polar surface area (TPSA) is 87.9 Å². The van der Waals surface area contributed by atoms with Crippen molar-refractivity contribution in [3.8, 4) is 17.1 Å². The van der Waals surface area contributed by atoms with Gasteiger partial charge in [0.25, 0.3) is 5.56 Å². The number of methoxy groups -OCH3 is 1. The predicted octanol–water partition coefficient (Wildman–Crippen LogP) is 6.32. The largest absolute Gasteiger partial charge is 0.497 e. The van der Waals surface area contributed by atoms with Gasteiger partial charge in [-0.2, -0.15) is 0 Å². The first kappa shape index (κ1) is 33.2. The van der Waals surface area contributed by atoms with Gasteiger partial charge in [-0.25, -0.2) is 14.4 Å². The third kappa shape index (κ3) is 6.31. The molecule has 2 bridgehead atoms. The molecule has 4 aromatic rings. The van der Waals surface area contributed by atoms with E-state index in [1.807, 2.05) is 30.3 Å². The van der Waals surface area contributed by atoms with Crippen molar-refractivity contribution in [1.29, 1.82) is 0 Å². The zero-order valence-electron chi connectivity index (χ0n) is 29.5. The van der Waals surface area contributed by atoms with Crippen molar-refractivity contribution in [2.24, 2.45) is 28.2 Å². The van der Waals surface area contributed by atoms with Gasteiger partial charge in [0.1, 0.15) is 17.4 Å². The van der Waals surface area contributed by atoms with Gasteiger partial charge in [0.2, 0.25) is 0 Å². The summed E-state index contributed by atoms with van der Waals surface area (Å²) in [5, 5.41) is 4.20. The summed E-state index contributed by atoms with van der Waals surface area (Å²) in [7, 11) is 3.69. The molecule has 1 aliphatic heterocycles. The average molecular weight is 666 g/mol. The first-order valence-electron chi connectivity index (χ1n) is 17.6. The molecule has 2 aromatic carbocycles. The highest BCUT2D eigenvalue weighted by molar-refractivity contribution is 5.96. The second-order valence-corrected chi connectivity index (χ2v) is 14.9. The van der Waals surface area contributed by atoms with Gasteiger partial charge in [-0.3, -0.25) is 14.3 Å². The van der Waals surface area contributed by atoms with Crippen molar-refractivity contribution < 1.29 is 9.13 Å². The second kappa shape index (κ2) is 13.2. The Kier molecular flexibility index (Phi) is 8.94. The summed E-state index contributed by atoms with van der Waals surface area (Å²) in [5.74, 6) is 3.42. The summed E-state index contributed by atoms with van der Waals surface area (Å²) < 4.78 is 21.6. The molecule has 3 aliphatic carbocycles. The number of halogens is 1. The van der Waals surface area contributed by atoms with Gasteiger partial charge in [0.05, 0.1) is 24.1 Å². The molecule has 9 nitrogen and oxygen atoms in total. The number of pyridine rings is 1. The zero-order chi connectivity index (χ0) is 34.4. The van der Waals surface area contributed by atoms with Gasteiger partial charge in [0.15, 0.2) is 5.96 Å². The lowest BCUT2D eigenvalue weighted by Crippen LogP contribution is -2.57. The molecule has 8 rings (SSSR count). The number of benzene rings is 2. The number of likely N-dealkylation sites (N-methyl/N-ethyl adjacent to an activating group) is 1. The first-order chi connectivity index (χ1) is 23.5. The van der Waals surface area contributed by atoms with E-state index in [2.05, 4.69) is 54.8 Å². The molecule has 258 valence electrons. The summed E-state index contributed by atoms with van der Waals surface area (Å²) >= 11 is 0. The fraction of sp³-hybridized carbons (Fsp3) is 0.487. The molecule has 0 spiro atoms. The molecule has 4 aliphatic rings. The fourth-order valence-corrected chi connectivity index (χ4v) is 8.32. The molecular formula is C39H48FN7O2. The van der Waals surface area contributed by atoms with Gasteiger partial charge < -0.3 is 19.9 Å². The zero-order valence-corrected chi connectivity index (χ0v) is 29.5. The monoisotopic (exact) mass is 665 g/mol. The van der Waals surface area contributed by atoms with Crippen LogP contribution < -0.4 is 15.6 Å². The lowest BCUT2D eigenvalue weighted by molar-refractivity contribution is -0.108. The van der Waals surface area contributed by atoms with E-state index in [-0.39, 0.29) is 24.0 Å². The van der Waals surface area contributed by atoms with Crippen LogP contribution >= 0.6 is 0 Å². The molecule has 49 heavy (non-hydrogen) atoms. The van der Waals surface area contributed by atoms with Crippen LogP contribution in [0.15, 0.2) is 70.7 Å². The van der Waals surface area contributed by atoms with Crippen LogP contribution in [0.25, 0.3) is 22.3 Å². The number of aromatic nitrogens is 3. The van der Waals surface area contributed by atoms with E-state index in [0.29, 0.717) is 63.7 Å². The number of aliphatic imine (C=N–C) groups is 1. The van der Waals surface area contributed by atoms with Crippen molar-refractivity contribution in [3.63, 3.8) is 0 Å². The number of hydrogen-bond acceptors (Lipinski definition) is 6. The second-order valence-electron chi connectivity index (χ2n) is 14.9. The highest BCUT2D eigenvalue weighted by Gasteiger charge is 2.56. The number of aryl methyl sites for hydroxylation is 1. The molecule has 0 amide bonds. The lowest BCUT2D eigenvalue weighted by Gasteiger charge is -2.61.